The van der Waals surface area contributed by atoms with Crippen molar-refractivity contribution in [2.75, 3.05) is 0 Å². The number of rotatable bonds is 1. The largest absolute Gasteiger partial charge is 0.505 e. The molecule has 0 radical (unpaired) electrons. The van der Waals surface area contributed by atoms with Crippen LogP contribution in [0.2, 0.25) is 10.0 Å². The van der Waals surface area contributed by atoms with Gasteiger partial charge in [0.05, 0.1) is 21.8 Å². The van der Waals surface area contributed by atoms with Crippen molar-refractivity contribution in [3.05, 3.63) is 57.7 Å². The summed E-state index contributed by atoms with van der Waals surface area (Å²) < 4.78 is 1.29. The summed E-state index contributed by atoms with van der Waals surface area (Å²) in [6, 6.07) is 8.42. The molecule has 1 heterocycles. The SMILES string of the molecule is Cc1ccc2c(cnn2C(=O)c2cc(Cl)c(O)c(Cl)c2)c1. The number of phenols is 1. The summed E-state index contributed by atoms with van der Waals surface area (Å²) in [4.78, 5) is 12.5. The maximum absolute atomic E-state index is 12.5. The molecule has 0 fully saturated rings. The molecule has 3 aromatic rings. The van der Waals surface area contributed by atoms with Gasteiger partial charge in [0, 0.05) is 10.9 Å². The number of phenolic OH excluding ortho intramolecular Hbond substituents is 1. The van der Waals surface area contributed by atoms with Crippen molar-refractivity contribution in [3.63, 3.8) is 0 Å². The minimum absolute atomic E-state index is 0.0261. The molecule has 0 unspecified atom stereocenters. The number of benzene rings is 2. The van der Waals surface area contributed by atoms with Crippen molar-refractivity contribution in [3.8, 4) is 5.75 Å². The molecule has 2 aromatic carbocycles. The monoisotopic (exact) mass is 320 g/mol. The highest BCUT2D eigenvalue weighted by Gasteiger charge is 2.16. The Labute approximate surface area is 130 Å². The lowest BCUT2D eigenvalue weighted by Crippen LogP contribution is -2.13. The van der Waals surface area contributed by atoms with Crippen LogP contribution in [0.25, 0.3) is 10.9 Å². The zero-order valence-electron chi connectivity index (χ0n) is 11.0. The number of aromatic nitrogens is 2. The number of nitrogens with zero attached hydrogens (tertiary/aromatic N) is 2. The van der Waals surface area contributed by atoms with Crippen molar-refractivity contribution in [1.29, 1.82) is 0 Å². The Morgan fingerprint density at radius 1 is 1.19 bits per heavy atom. The molecule has 3 rings (SSSR count). The van der Waals surface area contributed by atoms with Gasteiger partial charge in [0.2, 0.25) is 0 Å². The van der Waals surface area contributed by atoms with Gasteiger partial charge in [0.1, 0.15) is 0 Å². The summed E-state index contributed by atoms with van der Waals surface area (Å²) in [6.45, 7) is 1.97. The topological polar surface area (TPSA) is 55.1 Å². The lowest BCUT2D eigenvalue weighted by Gasteiger charge is -2.06. The molecule has 21 heavy (non-hydrogen) atoms. The van der Waals surface area contributed by atoms with E-state index in [1.165, 1.54) is 16.8 Å². The Hall–Kier alpha value is -2.04. The third-order valence-electron chi connectivity index (χ3n) is 3.18. The van der Waals surface area contributed by atoms with Crippen LogP contribution in [-0.2, 0) is 0 Å². The fraction of sp³-hybridized carbons (Fsp3) is 0.0667. The highest BCUT2D eigenvalue weighted by atomic mass is 35.5. The molecular formula is C15H10Cl2N2O2. The molecule has 0 atom stereocenters. The van der Waals surface area contributed by atoms with Crippen LogP contribution in [0.15, 0.2) is 36.5 Å². The van der Waals surface area contributed by atoms with Gasteiger partial charge < -0.3 is 5.11 Å². The van der Waals surface area contributed by atoms with Gasteiger partial charge in [-0.2, -0.15) is 9.78 Å². The molecule has 0 aliphatic carbocycles. The van der Waals surface area contributed by atoms with Gasteiger partial charge in [-0.15, -0.1) is 0 Å². The predicted molar refractivity (Wildman–Crippen MR) is 82.3 cm³/mol. The quantitative estimate of drug-likeness (QED) is 0.736. The number of aromatic hydroxyl groups is 1. The zero-order chi connectivity index (χ0) is 15.1. The number of hydrogen-bond donors (Lipinski definition) is 1. The van der Waals surface area contributed by atoms with Crippen LogP contribution in [-0.4, -0.2) is 20.8 Å². The first kappa shape index (κ1) is 13.9. The van der Waals surface area contributed by atoms with E-state index in [2.05, 4.69) is 5.10 Å². The molecular weight excluding hydrogens is 311 g/mol. The number of hydrogen-bond acceptors (Lipinski definition) is 3. The molecule has 0 bridgehead atoms. The highest BCUT2D eigenvalue weighted by Crippen LogP contribution is 2.33. The fourth-order valence-electron chi connectivity index (χ4n) is 2.13. The summed E-state index contributed by atoms with van der Waals surface area (Å²) in [5.74, 6) is -0.603. The lowest BCUT2D eigenvalue weighted by atomic mass is 10.1. The van der Waals surface area contributed by atoms with Gasteiger partial charge in [-0.1, -0.05) is 34.8 Å². The average molecular weight is 321 g/mol. The molecule has 0 amide bonds. The molecule has 0 aliphatic rings. The molecule has 0 spiro atoms. The van der Waals surface area contributed by atoms with E-state index < -0.39 is 0 Å². The van der Waals surface area contributed by atoms with Crippen molar-refractivity contribution < 1.29 is 9.90 Å². The predicted octanol–water partition coefficient (Wildman–Crippen LogP) is 4.05. The smallest absolute Gasteiger partial charge is 0.278 e. The van der Waals surface area contributed by atoms with E-state index in [1.54, 1.807) is 6.20 Å². The van der Waals surface area contributed by atoms with E-state index in [1.807, 2.05) is 25.1 Å². The average Bonchev–Trinajstić information content (AvgIpc) is 2.86. The van der Waals surface area contributed by atoms with Crippen molar-refractivity contribution >= 4 is 40.0 Å². The molecule has 106 valence electrons. The second kappa shape index (κ2) is 5.06. The molecule has 0 saturated carbocycles. The van der Waals surface area contributed by atoms with Crippen LogP contribution in [0.3, 0.4) is 0 Å². The highest BCUT2D eigenvalue weighted by molar-refractivity contribution is 6.37. The Bertz CT molecular complexity index is 848. The summed E-state index contributed by atoms with van der Waals surface area (Å²) in [7, 11) is 0. The number of halogens is 2. The van der Waals surface area contributed by atoms with Gasteiger partial charge in [-0.25, -0.2) is 0 Å². The molecule has 0 aliphatic heterocycles. The van der Waals surface area contributed by atoms with Crippen LogP contribution in [0.1, 0.15) is 15.9 Å². The minimum atomic E-state index is -0.363. The Kier molecular flexibility index (Phi) is 3.35. The Morgan fingerprint density at radius 2 is 1.86 bits per heavy atom. The zero-order valence-corrected chi connectivity index (χ0v) is 12.5. The van der Waals surface area contributed by atoms with Crippen LogP contribution >= 0.6 is 23.2 Å². The van der Waals surface area contributed by atoms with E-state index in [9.17, 15) is 9.90 Å². The third-order valence-corrected chi connectivity index (χ3v) is 3.76. The number of fused-ring (bicyclic) bond motifs is 1. The summed E-state index contributed by atoms with van der Waals surface area (Å²) in [5.41, 5.74) is 2.05. The fourth-order valence-corrected chi connectivity index (χ4v) is 2.61. The van der Waals surface area contributed by atoms with Crippen molar-refractivity contribution in [2.45, 2.75) is 6.92 Å². The van der Waals surface area contributed by atoms with Crippen molar-refractivity contribution in [2.24, 2.45) is 0 Å². The molecule has 1 N–H and O–H groups in total. The third kappa shape index (κ3) is 2.37. The first-order chi connectivity index (χ1) is 9.97. The number of carbonyl (C=O) groups excluding carboxylic acids is 1. The first-order valence-electron chi connectivity index (χ1n) is 6.14. The maximum Gasteiger partial charge on any atom is 0.278 e. The molecule has 1 aromatic heterocycles. The van der Waals surface area contributed by atoms with Gasteiger partial charge in [0.25, 0.3) is 5.91 Å². The summed E-state index contributed by atoms with van der Waals surface area (Å²) in [6.07, 6.45) is 1.63. The molecule has 6 heteroatoms. The molecule has 4 nitrogen and oxygen atoms in total. The second-order valence-electron chi connectivity index (χ2n) is 4.71. The van der Waals surface area contributed by atoms with Gasteiger partial charge in [-0.05, 0) is 31.2 Å². The maximum atomic E-state index is 12.5. The standard InChI is InChI=1S/C15H10Cl2N2O2/c1-8-2-3-13-10(4-8)7-18-19(13)15(21)9-5-11(16)14(20)12(17)6-9/h2-7,20H,1H3. The normalized spacial score (nSPS) is 11.0. The van der Waals surface area contributed by atoms with Crippen LogP contribution in [0.4, 0.5) is 0 Å². The molecule has 0 saturated heterocycles. The second-order valence-corrected chi connectivity index (χ2v) is 5.53. The van der Waals surface area contributed by atoms with E-state index in [0.29, 0.717) is 5.52 Å². The number of carbonyl (C=O) groups is 1. The van der Waals surface area contributed by atoms with E-state index >= 15 is 0 Å². The van der Waals surface area contributed by atoms with E-state index in [-0.39, 0.29) is 27.3 Å². The van der Waals surface area contributed by atoms with Crippen molar-refractivity contribution in [1.82, 2.24) is 9.78 Å². The number of aryl methyl sites for hydroxylation is 1. The summed E-state index contributed by atoms with van der Waals surface area (Å²) >= 11 is 11.7. The lowest BCUT2D eigenvalue weighted by molar-refractivity contribution is 0.0950. The minimum Gasteiger partial charge on any atom is -0.505 e. The Balaban J connectivity index is 2.13. The van der Waals surface area contributed by atoms with E-state index in [0.717, 1.165) is 10.9 Å². The van der Waals surface area contributed by atoms with Crippen LogP contribution in [0, 0.1) is 6.92 Å². The Morgan fingerprint density at radius 3 is 2.52 bits per heavy atom. The summed E-state index contributed by atoms with van der Waals surface area (Å²) in [5, 5.41) is 14.6. The van der Waals surface area contributed by atoms with Gasteiger partial charge in [-0.3, -0.25) is 4.79 Å². The van der Waals surface area contributed by atoms with E-state index in [4.69, 9.17) is 23.2 Å². The first-order valence-corrected chi connectivity index (χ1v) is 6.90. The van der Waals surface area contributed by atoms with Gasteiger partial charge >= 0.3 is 0 Å². The van der Waals surface area contributed by atoms with Crippen LogP contribution in [0.5, 0.6) is 5.75 Å². The van der Waals surface area contributed by atoms with Gasteiger partial charge in [0.15, 0.2) is 5.75 Å². The van der Waals surface area contributed by atoms with Crippen LogP contribution < -0.4 is 0 Å².